The summed E-state index contributed by atoms with van der Waals surface area (Å²) >= 11 is 0. The van der Waals surface area contributed by atoms with Gasteiger partial charge in [0, 0.05) is 12.0 Å². The first kappa shape index (κ1) is 9.71. The molecule has 1 aromatic heterocycles. The van der Waals surface area contributed by atoms with Crippen LogP contribution in [0.1, 0.15) is 44.1 Å². The van der Waals surface area contributed by atoms with E-state index in [1.807, 2.05) is 7.05 Å². The molecule has 0 amide bonds. The Labute approximate surface area is 84.9 Å². The number of aromatic nitrogens is 1. The van der Waals surface area contributed by atoms with Crippen LogP contribution in [0.2, 0.25) is 0 Å². The summed E-state index contributed by atoms with van der Waals surface area (Å²) in [5, 5.41) is 3.13. The van der Waals surface area contributed by atoms with Crippen molar-refractivity contribution in [1.82, 2.24) is 10.3 Å². The van der Waals surface area contributed by atoms with Crippen molar-refractivity contribution in [3.63, 3.8) is 0 Å². The van der Waals surface area contributed by atoms with E-state index < -0.39 is 0 Å². The van der Waals surface area contributed by atoms with Gasteiger partial charge in [-0.3, -0.25) is 0 Å². The minimum absolute atomic E-state index is 0.239. The molecule has 1 aromatic rings. The molecule has 14 heavy (non-hydrogen) atoms. The van der Waals surface area contributed by atoms with Crippen LogP contribution in [-0.2, 0) is 12.0 Å². The zero-order valence-corrected chi connectivity index (χ0v) is 8.97. The van der Waals surface area contributed by atoms with Gasteiger partial charge in [-0.1, -0.05) is 19.8 Å². The van der Waals surface area contributed by atoms with Crippen LogP contribution >= 0.6 is 0 Å². The highest BCUT2D eigenvalue weighted by atomic mass is 16.3. The Bertz CT molecular complexity index is 300. The minimum atomic E-state index is 0.239. The van der Waals surface area contributed by atoms with Crippen LogP contribution in [0, 0.1) is 0 Å². The summed E-state index contributed by atoms with van der Waals surface area (Å²) in [6.45, 7) is 3.10. The van der Waals surface area contributed by atoms with Crippen molar-refractivity contribution in [2.75, 3.05) is 7.05 Å². The molecule has 0 aromatic carbocycles. The van der Waals surface area contributed by atoms with E-state index in [1.165, 1.54) is 25.7 Å². The topological polar surface area (TPSA) is 38.1 Å². The Kier molecular flexibility index (Phi) is 2.59. The maximum atomic E-state index is 5.55. The third-order valence-corrected chi connectivity index (χ3v) is 3.24. The Morgan fingerprint density at radius 1 is 1.50 bits per heavy atom. The van der Waals surface area contributed by atoms with Gasteiger partial charge in [-0.2, -0.15) is 0 Å². The van der Waals surface area contributed by atoms with Gasteiger partial charge < -0.3 is 9.73 Å². The largest absolute Gasteiger partial charge is 0.448 e. The lowest BCUT2D eigenvalue weighted by atomic mass is 9.85. The number of hydrogen-bond donors (Lipinski definition) is 1. The van der Waals surface area contributed by atoms with Gasteiger partial charge in [0.15, 0.2) is 6.39 Å². The highest BCUT2D eigenvalue weighted by molar-refractivity contribution is 5.19. The van der Waals surface area contributed by atoms with E-state index in [2.05, 4.69) is 17.2 Å². The highest BCUT2D eigenvalue weighted by Crippen LogP contribution is 2.41. The molecule has 2 rings (SSSR count). The molecular weight excluding hydrogens is 176 g/mol. The summed E-state index contributed by atoms with van der Waals surface area (Å²) in [6, 6.07) is 0. The molecular formula is C11H18N2O. The van der Waals surface area contributed by atoms with E-state index in [0.29, 0.717) is 0 Å². The Balaban J connectivity index is 2.25. The van der Waals surface area contributed by atoms with Crippen molar-refractivity contribution in [3.8, 4) is 0 Å². The van der Waals surface area contributed by atoms with Gasteiger partial charge in [0.1, 0.15) is 5.76 Å². The van der Waals surface area contributed by atoms with Crippen molar-refractivity contribution < 1.29 is 4.42 Å². The summed E-state index contributed by atoms with van der Waals surface area (Å²) in [5.74, 6) is 1.10. The van der Waals surface area contributed by atoms with Crippen molar-refractivity contribution >= 4 is 0 Å². The molecule has 0 aliphatic heterocycles. The van der Waals surface area contributed by atoms with Gasteiger partial charge in [0.05, 0.1) is 5.69 Å². The predicted molar refractivity (Wildman–Crippen MR) is 55.1 cm³/mol. The van der Waals surface area contributed by atoms with Crippen LogP contribution in [0.5, 0.6) is 0 Å². The first-order chi connectivity index (χ1) is 6.76. The predicted octanol–water partition coefficient (Wildman–Crippen LogP) is 2.23. The quantitative estimate of drug-likeness (QED) is 0.801. The zero-order chi connectivity index (χ0) is 10.0. The van der Waals surface area contributed by atoms with Gasteiger partial charge in [0.2, 0.25) is 0 Å². The highest BCUT2D eigenvalue weighted by Gasteiger charge is 2.35. The Morgan fingerprint density at radius 2 is 2.21 bits per heavy atom. The van der Waals surface area contributed by atoms with Crippen LogP contribution in [0.25, 0.3) is 0 Å². The summed E-state index contributed by atoms with van der Waals surface area (Å²) in [7, 11) is 1.94. The van der Waals surface area contributed by atoms with E-state index in [-0.39, 0.29) is 5.41 Å². The summed E-state index contributed by atoms with van der Waals surface area (Å²) < 4.78 is 5.55. The van der Waals surface area contributed by atoms with Gasteiger partial charge in [0.25, 0.3) is 0 Å². The van der Waals surface area contributed by atoms with Crippen LogP contribution in [-0.4, -0.2) is 12.0 Å². The lowest BCUT2D eigenvalue weighted by Crippen LogP contribution is -2.20. The maximum Gasteiger partial charge on any atom is 0.181 e. The standard InChI is InChI=1S/C11H18N2O/c1-11(5-3-4-6-11)10-9(7-12-2)13-8-14-10/h8,12H,3-7H2,1-2H3. The number of nitrogens with zero attached hydrogens (tertiary/aromatic N) is 1. The minimum Gasteiger partial charge on any atom is -0.448 e. The molecule has 1 fully saturated rings. The summed E-state index contributed by atoms with van der Waals surface area (Å²) in [6.07, 6.45) is 6.68. The molecule has 78 valence electrons. The molecule has 0 atom stereocenters. The van der Waals surface area contributed by atoms with Gasteiger partial charge in [-0.25, -0.2) is 4.98 Å². The van der Waals surface area contributed by atoms with Crippen LogP contribution in [0.15, 0.2) is 10.8 Å². The molecule has 0 saturated heterocycles. The SMILES string of the molecule is CNCc1ncoc1C1(C)CCCC1. The molecule has 0 radical (unpaired) electrons. The Hall–Kier alpha value is -0.830. The van der Waals surface area contributed by atoms with E-state index in [4.69, 9.17) is 4.42 Å². The van der Waals surface area contributed by atoms with Crippen molar-refractivity contribution in [1.29, 1.82) is 0 Å². The molecule has 3 nitrogen and oxygen atoms in total. The van der Waals surface area contributed by atoms with Crippen molar-refractivity contribution in [2.24, 2.45) is 0 Å². The molecule has 1 N–H and O–H groups in total. The lowest BCUT2D eigenvalue weighted by Gasteiger charge is -2.21. The molecule has 0 bridgehead atoms. The Morgan fingerprint density at radius 3 is 2.86 bits per heavy atom. The van der Waals surface area contributed by atoms with E-state index >= 15 is 0 Å². The smallest absolute Gasteiger partial charge is 0.181 e. The second kappa shape index (κ2) is 3.73. The lowest BCUT2D eigenvalue weighted by molar-refractivity contribution is 0.361. The fourth-order valence-electron chi connectivity index (χ4n) is 2.44. The second-order valence-corrected chi connectivity index (χ2v) is 4.43. The number of nitrogens with one attached hydrogen (secondary N) is 1. The normalized spacial score (nSPS) is 20.1. The first-order valence-corrected chi connectivity index (χ1v) is 5.34. The monoisotopic (exact) mass is 194 g/mol. The second-order valence-electron chi connectivity index (χ2n) is 4.43. The third kappa shape index (κ3) is 1.57. The molecule has 1 heterocycles. The fraction of sp³-hybridized carbons (Fsp3) is 0.727. The third-order valence-electron chi connectivity index (χ3n) is 3.24. The van der Waals surface area contributed by atoms with Crippen LogP contribution in [0.4, 0.5) is 0 Å². The summed E-state index contributed by atoms with van der Waals surface area (Å²) in [5.41, 5.74) is 1.32. The van der Waals surface area contributed by atoms with Gasteiger partial charge in [-0.15, -0.1) is 0 Å². The maximum absolute atomic E-state index is 5.55. The average molecular weight is 194 g/mol. The van der Waals surface area contributed by atoms with Gasteiger partial charge in [-0.05, 0) is 19.9 Å². The number of hydrogen-bond acceptors (Lipinski definition) is 3. The van der Waals surface area contributed by atoms with E-state index in [0.717, 1.165) is 18.0 Å². The van der Waals surface area contributed by atoms with E-state index in [1.54, 1.807) is 6.39 Å². The molecule has 0 unspecified atom stereocenters. The molecule has 1 aliphatic carbocycles. The van der Waals surface area contributed by atoms with Crippen LogP contribution in [0.3, 0.4) is 0 Å². The fourth-order valence-corrected chi connectivity index (χ4v) is 2.44. The number of rotatable bonds is 3. The molecule has 3 heteroatoms. The van der Waals surface area contributed by atoms with Crippen molar-refractivity contribution in [2.45, 2.75) is 44.6 Å². The zero-order valence-electron chi connectivity index (χ0n) is 8.97. The summed E-state index contributed by atoms with van der Waals surface area (Å²) in [4.78, 5) is 4.27. The van der Waals surface area contributed by atoms with Crippen LogP contribution < -0.4 is 5.32 Å². The first-order valence-electron chi connectivity index (χ1n) is 5.34. The number of oxazole rings is 1. The van der Waals surface area contributed by atoms with E-state index in [9.17, 15) is 0 Å². The molecule has 1 aliphatic rings. The van der Waals surface area contributed by atoms with Gasteiger partial charge >= 0.3 is 0 Å². The van der Waals surface area contributed by atoms with Crippen molar-refractivity contribution in [3.05, 3.63) is 17.8 Å². The molecule has 1 saturated carbocycles. The average Bonchev–Trinajstić information content (AvgIpc) is 2.75. The molecule has 0 spiro atoms.